The van der Waals surface area contributed by atoms with E-state index >= 15 is 0 Å². The zero-order chi connectivity index (χ0) is 20.6. The number of rotatable bonds is 3. The lowest BCUT2D eigenvalue weighted by Crippen LogP contribution is -2.68. The van der Waals surface area contributed by atoms with Gasteiger partial charge in [-0.15, -0.1) is 0 Å². The molecule has 0 radical (unpaired) electrons. The van der Waals surface area contributed by atoms with Crippen molar-refractivity contribution in [1.82, 2.24) is 4.31 Å². The Morgan fingerprint density at radius 1 is 1.15 bits per heavy atom. The van der Waals surface area contributed by atoms with Gasteiger partial charge >= 0.3 is 22.4 Å². The lowest BCUT2D eigenvalue weighted by Gasteiger charge is -2.44. The first-order valence-corrected chi connectivity index (χ1v) is 9.36. The third-order valence-corrected chi connectivity index (χ3v) is 4.25. The maximum atomic E-state index is 14.9. The third kappa shape index (κ3) is 5.27. The highest BCUT2D eigenvalue weighted by Crippen LogP contribution is 2.36. The van der Waals surface area contributed by atoms with Gasteiger partial charge in [0.1, 0.15) is 11.2 Å². The van der Waals surface area contributed by atoms with Crippen molar-refractivity contribution in [3.8, 4) is 0 Å². The molecule has 2 atom stereocenters. The van der Waals surface area contributed by atoms with Crippen LogP contribution in [0, 0.1) is 0 Å². The molecule has 0 saturated carbocycles. The Bertz CT molecular complexity index is 652. The first-order chi connectivity index (χ1) is 11.5. The van der Waals surface area contributed by atoms with Crippen LogP contribution in [0.5, 0.6) is 0 Å². The van der Waals surface area contributed by atoms with E-state index in [1.165, 1.54) is 41.5 Å². The fourth-order valence-corrected chi connectivity index (χ4v) is 3.30. The van der Waals surface area contributed by atoms with Crippen LogP contribution in [0.3, 0.4) is 0 Å². The van der Waals surface area contributed by atoms with Crippen molar-refractivity contribution in [1.29, 1.82) is 0 Å². The van der Waals surface area contributed by atoms with E-state index < -0.39 is 58.3 Å². The molecule has 1 rings (SSSR count). The Hall–Kier alpha value is -1.46. The van der Waals surface area contributed by atoms with Crippen molar-refractivity contribution in [3.63, 3.8) is 0 Å². The number of alkyl halides is 1. The number of amides is 1. The first-order valence-electron chi connectivity index (χ1n) is 7.97. The average Bonchev–Trinajstić information content (AvgIpc) is 2.35. The van der Waals surface area contributed by atoms with Crippen LogP contribution in [0.2, 0.25) is 0 Å². The highest BCUT2D eigenvalue weighted by atomic mass is 32.2. The van der Waals surface area contributed by atoms with Gasteiger partial charge in [-0.05, 0) is 41.5 Å². The predicted molar refractivity (Wildman–Crippen MR) is 88.5 cm³/mol. The number of nitrogens with zero attached hydrogens (tertiary/aromatic N) is 1. The predicted octanol–water partition coefficient (Wildman–Crippen LogP) is 1.87. The van der Waals surface area contributed by atoms with Crippen molar-refractivity contribution in [2.24, 2.45) is 0 Å². The minimum atomic E-state index is -5.37. The number of carbonyl (C=O) groups excluding carboxylic acids is 2. The number of carbonyl (C=O) groups is 2. The van der Waals surface area contributed by atoms with Crippen LogP contribution in [0.25, 0.3) is 0 Å². The summed E-state index contributed by atoms with van der Waals surface area (Å²) in [6.45, 7) is 7.95. The molecule has 1 aliphatic heterocycles. The van der Waals surface area contributed by atoms with Gasteiger partial charge in [0, 0.05) is 13.0 Å². The molecule has 1 N–H and O–H groups in total. The van der Waals surface area contributed by atoms with Gasteiger partial charge in [0.2, 0.25) is 0 Å². The monoisotopic (exact) mass is 399 g/mol. The zero-order valence-electron chi connectivity index (χ0n) is 15.7. The van der Waals surface area contributed by atoms with E-state index in [2.05, 4.69) is 0 Å². The van der Waals surface area contributed by atoms with E-state index in [0.29, 0.717) is 0 Å². The summed E-state index contributed by atoms with van der Waals surface area (Å²) >= 11 is 0. The minimum absolute atomic E-state index is 0.228. The number of halogens is 1. The van der Waals surface area contributed by atoms with E-state index in [1.54, 1.807) is 0 Å². The van der Waals surface area contributed by atoms with Gasteiger partial charge in [0.05, 0.1) is 6.61 Å². The van der Waals surface area contributed by atoms with Crippen molar-refractivity contribution in [2.45, 2.75) is 70.9 Å². The summed E-state index contributed by atoms with van der Waals surface area (Å²) < 4.78 is 63.1. The van der Waals surface area contributed by atoms with Crippen LogP contribution in [0.4, 0.5) is 9.18 Å². The SMILES string of the molecule is CC(C)(C)OC(=O)N(C1(C(=O)OC(C)(C)C)CCOCC1F)S(=O)(=O)O. The molecule has 0 spiro atoms. The second-order valence-electron chi connectivity index (χ2n) is 7.94. The Balaban J connectivity index is 3.53. The fourth-order valence-electron chi connectivity index (χ4n) is 2.38. The van der Waals surface area contributed by atoms with Gasteiger partial charge in [-0.3, -0.25) is 4.55 Å². The third-order valence-electron chi connectivity index (χ3n) is 3.31. The van der Waals surface area contributed by atoms with E-state index in [0.717, 1.165) is 0 Å². The summed E-state index contributed by atoms with van der Waals surface area (Å²) in [7, 11) is -5.37. The van der Waals surface area contributed by atoms with Crippen LogP contribution >= 0.6 is 0 Å². The van der Waals surface area contributed by atoms with Crippen molar-refractivity contribution in [2.75, 3.05) is 13.2 Å². The minimum Gasteiger partial charge on any atom is -0.458 e. The van der Waals surface area contributed by atoms with Gasteiger partial charge in [-0.2, -0.15) is 12.7 Å². The summed E-state index contributed by atoms with van der Waals surface area (Å²) in [6.07, 6.45) is -4.39. The molecule has 0 aromatic heterocycles. The molecule has 9 nitrogen and oxygen atoms in total. The van der Waals surface area contributed by atoms with E-state index in [4.69, 9.17) is 14.2 Å². The zero-order valence-corrected chi connectivity index (χ0v) is 16.6. The summed E-state index contributed by atoms with van der Waals surface area (Å²) in [5, 5.41) is 0. The van der Waals surface area contributed by atoms with Crippen molar-refractivity contribution >= 4 is 22.4 Å². The molecule has 1 fully saturated rings. The Labute approximate surface area is 152 Å². The van der Waals surface area contributed by atoms with Crippen molar-refractivity contribution in [3.05, 3.63) is 0 Å². The number of esters is 1. The Kier molecular flexibility index (Phi) is 6.32. The molecule has 0 aromatic rings. The largest absolute Gasteiger partial charge is 0.458 e. The van der Waals surface area contributed by atoms with Crippen molar-refractivity contribution < 1.29 is 41.2 Å². The lowest BCUT2D eigenvalue weighted by atomic mass is 9.88. The van der Waals surface area contributed by atoms with E-state index in [1.807, 2.05) is 0 Å². The first kappa shape index (κ1) is 22.6. The van der Waals surface area contributed by atoms with Gasteiger partial charge < -0.3 is 14.2 Å². The second-order valence-corrected chi connectivity index (χ2v) is 9.20. The highest BCUT2D eigenvalue weighted by Gasteiger charge is 2.62. The maximum absolute atomic E-state index is 14.9. The second kappa shape index (κ2) is 7.28. The Morgan fingerprint density at radius 2 is 1.65 bits per heavy atom. The topological polar surface area (TPSA) is 119 Å². The van der Waals surface area contributed by atoms with Gasteiger partial charge in [0.15, 0.2) is 11.7 Å². The summed E-state index contributed by atoms with van der Waals surface area (Å²) in [5.74, 6) is -1.32. The Morgan fingerprint density at radius 3 is 2.04 bits per heavy atom. The standard InChI is InChI=1S/C15H26FNO8S/c1-13(2,3)24-11(18)15(7-8-23-9-10(15)16)17(26(20,21)22)12(19)25-14(4,5)6/h10H,7-9H2,1-6H3,(H,20,21,22). The number of hydrogen-bond donors (Lipinski definition) is 1. The van der Waals surface area contributed by atoms with Gasteiger partial charge in [-0.1, -0.05) is 0 Å². The number of hydrogen-bond acceptors (Lipinski definition) is 7. The lowest BCUT2D eigenvalue weighted by molar-refractivity contribution is -0.179. The van der Waals surface area contributed by atoms with Gasteiger partial charge in [-0.25, -0.2) is 14.0 Å². The summed E-state index contributed by atoms with van der Waals surface area (Å²) in [6, 6.07) is 0. The molecule has 1 heterocycles. The molecule has 0 bridgehead atoms. The molecule has 0 aromatic carbocycles. The highest BCUT2D eigenvalue weighted by molar-refractivity contribution is 7.84. The van der Waals surface area contributed by atoms with Gasteiger partial charge in [0.25, 0.3) is 0 Å². The van der Waals surface area contributed by atoms with E-state index in [9.17, 15) is 27.0 Å². The van der Waals surface area contributed by atoms with Crippen LogP contribution in [-0.2, 0) is 29.3 Å². The smallest absolute Gasteiger partial charge is 0.427 e. The molecule has 2 unspecified atom stereocenters. The van der Waals surface area contributed by atoms with Crippen LogP contribution < -0.4 is 0 Å². The summed E-state index contributed by atoms with van der Waals surface area (Å²) in [4.78, 5) is 25.2. The quantitative estimate of drug-likeness (QED) is 0.564. The normalized spacial score (nSPS) is 24.7. The molecule has 11 heteroatoms. The molecule has 0 aliphatic carbocycles. The molecule has 26 heavy (non-hydrogen) atoms. The van der Waals surface area contributed by atoms with Crippen LogP contribution in [0.1, 0.15) is 48.0 Å². The maximum Gasteiger partial charge on any atom is 0.427 e. The molecule has 1 aliphatic rings. The molecule has 152 valence electrons. The molecule has 1 saturated heterocycles. The molecular formula is C15H26FNO8S. The fraction of sp³-hybridized carbons (Fsp3) is 0.867. The average molecular weight is 399 g/mol. The summed E-state index contributed by atoms with van der Waals surface area (Å²) in [5.41, 5.74) is -4.89. The molecule has 1 amide bonds. The van der Waals surface area contributed by atoms with E-state index in [-0.39, 0.29) is 10.9 Å². The molecular weight excluding hydrogens is 373 g/mol. The van der Waals surface area contributed by atoms with Crippen LogP contribution in [-0.4, -0.2) is 65.5 Å². The van der Waals surface area contributed by atoms with Crippen LogP contribution in [0.15, 0.2) is 0 Å². The number of ether oxygens (including phenoxy) is 3.